The predicted octanol–water partition coefficient (Wildman–Crippen LogP) is 5.24. The molecule has 0 aliphatic heterocycles. The van der Waals surface area contributed by atoms with E-state index < -0.39 is 13.9 Å². The van der Waals surface area contributed by atoms with Crippen molar-refractivity contribution in [1.82, 2.24) is 0 Å². The molecule has 0 spiro atoms. The molecule has 24 heavy (non-hydrogen) atoms. The van der Waals surface area contributed by atoms with E-state index >= 15 is 0 Å². The van der Waals surface area contributed by atoms with Gasteiger partial charge in [0, 0.05) is 12.8 Å². The Morgan fingerprint density at radius 1 is 1.25 bits per heavy atom. The van der Waals surface area contributed by atoms with Gasteiger partial charge in [0.25, 0.3) is 0 Å². The second kappa shape index (κ2) is 6.45. The van der Waals surface area contributed by atoms with E-state index in [4.69, 9.17) is 9.16 Å². The third kappa shape index (κ3) is 4.40. The van der Waals surface area contributed by atoms with E-state index in [9.17, 15) is 4.79 Å². The molecule has 0 heterocycles. The molecule has 1 saturated carbocycles. The summed E-state index contributed by atoms with van der Waals surface area (Å²) in [6, 6.07) is 0. The van der Waals surface area contributed by atoms with Gasteiger partial charge < -0.3 is 9.16 Å². The molecule has 2 rings (SSSR count). The van der Waals surface area contributed by atoms with Gasteiger partial charge in [0.2, 0.25) is 0 Å². The summed E-state index contributed by atoms with van der Waals surface area (Å²) in [7, 11) is -1.68. The minimum atomic E-state index is -1.68. The van der Waals surface area contributed by atoms with Crippen molar-refractivity contribution in [2.75, 3.05) is 6.61 Å². The molecule has 3 nitrogen and oxygen atoms in total. The molecule has 2 aliphatic carbocycles. The fourth-order valence-corrected chi connectivity index (χ4v) is 4.39. The number of hydrogen-bond donors (Lipinski definition) is 0. The maximum atomic E-state index is 11.2. The largest absolute Gasteiger partial charge is 0.456 e. The molecular weight excluding hydrogens is 316 g/mol. The number of carbonyl (C=O) groups excluding carboxylic acids is 1. The predicted molar refractivity (Wildman–Crippen MR) is 101 cm³/mol. The van der Waals surface area contributed by atoms with Gasteiger partial charge in [-0.05, 0) is 62.4 Å². The third-order valence-electron chi connectivity index (χ3n) is 5.74. The first kappa shape index (κ1) is 19.5. The Labute approximate surface area is 148 Å². The van der Waals surface area contributed by atoms with E-state index in [1.165, 1.54) is 18.1 Å². The van der Waals surface area contributed by atoms with Crippen LogP contribution >= 0.6 is 0 Å². The van der Waals surface area contributed by atoms with Crippen LogP contribution in [0.1, 0.15) is 54.4 Å². The molecule has 0 saturated heterocycles. The van der Waals surface area contributed by atoms with E-state index in [1.54, 1.807) is 0 Å². The quantitative estimate of drug-likeness (QED) is 0.386. The molecule has 0 N–H and O–H groups in total. The van der Waals surface area contributed by atoms with Crippen molar-refractivity contribution in [3.05, 3.63) is 23.3 Å². The Kier molecular flexibility index (Phi) is 5.23. The number of ether oxygens (including phenoxy) is 1. The highest BCUT2D eigenvalue weighted by molar-refractivity contribution is 6.74. The molecule has 136 valence electrons. The lowest BCUT2D eigenvalue weighted by Gasteiger charge is -2.37. The van der Waals surface area contributed by atoms with Gasteiger partial charge >= 0.3 is 5.97 Å². The summed E-state index contributed by atoms with van der Waals surface area (Å²) in [4.78, 5) is 11.2. The molecule has 0 amide bonds. The van der Waals surface area contributed by atoms with Crippen LogP contribution in [-0.2, 0) is 14.0 Å². The van der Waals surface area contributed by atoms with Gasteiger partial charge in [-0.25, -0.2) is 0 Å². The van der Waals surface area contributed by atoms with Crippen LogP contribution in [0.25, 0.3) is 0 Å². The molecule has 0 unspecified atom stereocenters. The SMILES string of the molecule is CC(=O)OC(C)(C)C=C1C[C@@H]2CC(CO[Si](C)(C)C(C)(C)C)=C[C@H]12. The Balaban J connectivity index is 1.97. The lowest BCUT2D eigenvalue weighted by Crippen LogP contribution is -2.41. The molecule has 0 aromatic rings. The van der Waals surface area contributed by atoms with Gasteiger partial charge in [-0.3, -0.25) is 4.79 Å². The maximum Gasteiger partial charge on any atom is 0.303 e. The van der Waals surface area contributed by atoms with Crippen molar-refractivity contribution in [2.45, 2.75) is 78.1 Å². The molecule has 0 aromatic carbocycles. The van der Waals surface area contributed by atoms with Crippen LogP contribution < -0.4 is 0 Å². The molecule has 1 fully saturated rings. The Bertz CT molecular complexity index is 564. The lowest BCUT2D eigenvalue weighted by atomic mass is 9.70. The first-order valence-corrected chi connectivity index (χ1v) is 12.0. The van der Waals surface area contributed by atoms with Crippen molar-refractivity contribution in [1.29, 1.82) is 0 Å². The number of carbonyl (C=O) groups is 1. The van der Waals surface area contributed by atoms with Gasteiger partial charge in [-0.15, -0.1) is 0 Å². The standard InChI is InChI=1S/C20H34O3Si/c1-14(21)23-20(5,6)12-17-11-16-9-15(10-18(16)17)13-22-24(7,8)19(2,3)4/h10,12,16,18H,9,11,13H2,1-8H3/t16-,18-/m0/s1. The molecule has 2 aliphatic rings. The van der Waals surface area contributed by atoms with Crippen molar-refractivity contribution in [3.63, 3.8) is 0 Å². The van der Waals surface area contributed by atoms with Crippen molar-refractivity contribution >= 4 is 14.3 Å². The lowest BCUT2D eigenvalue weighted by molar-refractivity contribution is -0.149. The summed E-state index contributed by atoms with van der Waals surface area (Å²) in [5, 5.41) is 0.254. The van der Waals surface area contributed by atoms with Crippen LogP contribution in [0.3, 0.4) is 0 Å². The Hall–Kier alpha value is -0.873. The van der Waals surface area contributed by atoms with Gasteiger partial charge in [-0.1, -0.05) is 32.4 Å². The summed E-state index contributed by atoms with van der Waals surface area (Å²) in [5.41, 5.74) is 2.34. The fourth-order valence-electron chi connectivity index (χ4n) is 3.41. The van der Waals surface area contributed by atoms with E-state index in [0.29, 0.717) is 5.92 Å². The molecule has 0 radical (unpaired) electrons. The average molecular weight is 351 g/mol. The number of fused-ring (bicyclic) bond motifs is 1. The highest BCUT2D eigenvalue weighted by atomic mass is 28.4. The van der Waals surface area contributed by atoms with Gasteiger partial charge in [-0.2, -0.15) is 0 Å². The normalized spacial score (nSPS) is 26.0. The van der Waals surface area contributed by atoms with Crippen LogP contribution in [0.15, 0.2) is 23.3 Å². The van der Waals surface area contributed by atoms with E-state index in [1.807, 2.05) is 13.8 Å². The molecular formula is C20H34O3Si. The van der Waals surface area contributed by atoms with Crippen LogP contribution in [0.4, 0.5) is 0 Å². The Morgan fingerprint density at radius 3 is 2.42 bits per heavy atom. The molecule has 0 bridgehead atoms. The van der Waals surface area contributed by atoms with Gasteiger partial charge in [0.1, 0.15) is 5.60 Å². The van der Waals surface area contributed by atoms with Crippen LogP contribution in [0, 0.1) is 11.8 Å². The van der Waals surface area contributed by atoms with E-state index in [2.05, 4.69) is 46.0 Å². The first-order valence-electron chi connectivity index (χ1n) is 9.05. The monoisotopic (exact) mass is 350 g/mol. The zero-order valence-corrected chi connectivity index (χ0v) is 17.7. The topological polar surface area (TPSA) is 35.5 Å². The van der Waals surface area contributed by atoms with Crippen molar-refractivity contribution in [3.8, 4) is 0 Å². The average Bonchev–Trinajstić information content (AvgIpc) is 2.68. The second-order valence-electron chi connectivity index (χ2n) is 9.48. The van der Waals surface area contributed by atoms with Crippen LogP contribution in [-0.4, -0.2) is 26.5 Å². The summed E-state index contributed by atoms with van der Waals surface area (Å²) in [6.07, 6.45) is 6.82. The third-order valence-corrected chi connectivity index (χ3v) is 10.2. The molecule has 2 atom stereocenters. The van der Waals surface area contributed by atoms with E-state index in [-0.39, 0.29) is 11.0 Å². The maximum absolute atomic E-state index is 11.2. The molecule has 0 aromatic heterocycles. The first-order chi connectivity index (χ1) is 10.8. The zero-order chi connectivity index (χ0) is 18.3. The van der Waals surface area contributed by atoms with E-state index in [0.717, 1.165) is 25.4 Å². The highest BCUT2D eigenvalue weighted by Crippen LogP contribution is 2.50. The zero-order valence-electron chi connectivity index (χ0n) is 16.7. The summed E-state index contributed by atoms with van der Waals surface area (Å²) in [5.74, 6) is 1.03. The number of allylic oxidation sites excluding steroid dienone is 2. The van der Waals surface area contributed by atoms with Gasteiger partial charge in [0.05, 0.1) is 6.61 Å². The number of rotatable bonds is 5. The smallest absolute Gasteiger partial charge is 0.303 e. The number of esters is 1. The summed E-state index contributed by atoms with van der Waals surface area (Å²) < 4.78 is 11.8. The Morgan fingerprint density at radius 2 is 1.88 bits per heavy atom. The van der Waals surface area contributed by atoms with Gasteiger partial charge in [0.15, 0.2) is 8.32 Å². The summed E-state index contributed by atoms with van der Waals surface area (Å²) >= 11 is 0. The second-order valence-corrected chi connectivity index (χ2v) is 14.3. The van der Waals surface area contributed by atoms with Crippen LogP contribution in [0.5, 0.6) is 0 Å². The summed E-state index contributed by atoms with van der Waals surface area (Å²) in [6.45, 7) is 17.6. The molecule has 4 heteroatoms. The minimum Gasteiger partial charge on any atom is -0.456 e. The highest BCUT2D eigenvalue weighted by Gasteiger charge is 2.42. The minimum absolute atomic E-state index is 0.224. The van der Waals surface area contributed by atoms with Crippen LogP contribution in [0.2, 0.25) is 18.1 Å². The van der Waals surface area contributed by atoms with Crippen molar-refractivity contribution < 1.29 is 14.0 Å². The van der Waals surface area contributed by atoms with Crippen molar-refractivity contribution in [2.24, 2.45) is 11.8 Å². The number of hydrogen-bond acceptors (Lipinski definition) is 3. The fraction of sp³-hybridized carbons (Fsp3) is 0.750.